The van der Waals surface area contributed by atoms with Crippen molar-refractivity contribution in [2.75, 3.05) is 45.7 Å². The largest absolute Gasteiger partial charge is 0.497 e. The predicted molar refractivity (Wildman–Crippen MR) is 123 cm³/mol. The first-order valence-electron chi connectivity index (χ1n) is 10.2. The first-order valence-corrected chi connectivity index (χ1v) is 11.7. The molecule has 9 nitrogen and oxygen atoms in total. The first-order chi connectivity index (χ1) is 15.8. The Morgan fingerprint density at radius 1 is 1.06 bits per heavy atom. The molecule has 1 amide bonds. The second kappa shape index (κ2) is 10.4. The minimum Gasteiger partial charge on any atom is -0.497 e. The molecule has 33 heavy (non-hydrogen) atoms. The van der Waals surface area contributed by atoms with E-state index in [1.165, 1.54) is 24.7 Å². The number of nitrogens with zero attached hydrogens (tertiary/aromatic N) is 3. The van der Waals surface area contributed by atoms with E-state index in [9.17, 15) is 18.5 Å². The summed E-state index contributed by atoms with van der Waals surface area (Å²) >= 11 is 0. The van der Waals surface area contributed by atoms with Gasteiger partial charge in [-0.25, -0.2) is 8.42 Å². The van der Waals surface area contributed by atoms with E-state index in [4.69, 9.17) is 9.47 Å². The van der Waals surface area contributed by atoms with Crippen LogP contribution < -0.4 is 14.8 Å². The minimum absolute atomic E-state index is 0.102. The molecule has 1 aliphatic heterocycles. The van der Waals surface area contributed by atoms with Gasteiger partial charge < -0.3 is 19.7 Å². The highest BCUT2D eigenvalue weighted by Gasteiger charge is 2.28. The second-order valence-electron chi connectivity index (χ2n) is 7.43. The number of ether oxygens (including phenoxy) is 2. The second-order valence-corrected chi connectivity index (χ2v) is 9.37. The standard InChI is InChI=1S/C23H26N4O5S/c1-17-4-7-20(8-5-17)33(29,30)27-12-10-26(11-13-27)16-18(15-24)23(28)25-21-14-19(31-2)6-9-22(21)32-3/h4-9,14,16H,10-13H2,1-3H3,(H,25,28)/b18-16-. The summed E-state index contributed by atoms with van der Waals surface area (Å²) in [4.78, 5) is 14.7. The maximum absolute atomic E-state index is 12.9. The van der Waals surface area contributed by atoms with Crippen LogP contribution in [0.4, 0.5) is 5.69 Å². The first kappa shape index (κ1) is 24.1. The van der Waals surface area contributed by atoms with Crippen LogP contribution in [0.5, 0.6) is 11.5 Å². The molecular weight excluding hydrogens is 444 g/mol. The summed E-state index contributed by atoms with van der Waals surface area (Å²) in [5.74, 6) is 0.356. The smallest absolute Gasteiger partial charge is 0.267 e. The van der Waals surface area contributed by atoms with Gasteiger partial charge in [0.1, 0.15) is 23.1 Å². The van der Waals surface area contributed by atoms with Gasteiger partial charge in [0.25, 0.3) is 5.91 Å². The molecule has 0 aromatic heterocycles. The fourth-order valence-electron chi connectivity index (χ4n) is 3.35. The molecule has 0 bridgehead atoms. The number of aryl methyl sites for hydroxylation is 1. The van der Waals surface area contributed by atoms with Crippen LogP contribution in [0.25, 0.3) is 0 Å². The Bertz CT molecular complexity index is 1180. The molecule has 0 aliphatic carbocycles. The monoisotopic (exact) mass is 470 g/mol. The highest BCUT2D eigenvalue weighted by atomic mass is 32.2. The zero-order chi connectivity index (χ0) is 24.0. The van der Waals surface area contributed by atoms with Gasteiger partial charge in [-0.2, -0.15) is 9.57 Å². The molecule has 0 atom stereocenters. The van der Waals surface area contributed by atoms with Crippen molar-refractivity contribution in [2.24, 2.45) is 0 Å². The normalized spacial score (nSPS) is 15.0. The molecule has 1 N–H and O–H groups in total. The fraction of sp³-hybridized carbons (Fsp3) is 0.304. The summed E-state index contributed by atoms with van der Waals surface area (Å²) in [5, 5.41) is 12.2. The molecule has 1 aliphatic rings. The molecule has 3 rings (SSSR count). The van der Waals surface area contributed by atoms with E-state index in [-0.39, 0.29) is 23.6 Å². The maximum Gasteiger partial charge on any atom is 0.267 e. The lowest BCUT2D eigenvalue weighted by Crippen LogP contribution is -2.46. The van der Waals surface area contributed by atoms with Crippen LogP contribution in [-0.2, 0) is 14.8 Å². The Hall–Kier alpha value is -3.55. The number of piperazine rings is 1. The van der Waals surface area contributed by atoms with Crippen LogP contribution in [0, 0.1) is 18.3 Å². The zero-order valence-corrected chi connectivity index (χ0v) is 19.6. The van der Waals surface area contributed by atoms with Crippen molar-refractivity contribution in [1.29, 1.82) is 5.26 Å². The lowest BCUT2D eigenvalue weighted by molar-refractivity contribution is -0.112. The average molecular weight is 471 g/mol. The van der Waals surface area contributed by atoms with Crippen molar-refractivity contribution in [1.82, 2.24) is 9.21 Å². The van der Waals surface area contributed by atoms with Gasteiger partial charge in [-0.05, 0) is 31.2 Å². The topological polar surface area (TPSA) is 112 Å². The van der Waals surface area contributed by atoms with Crippen molar-refractivity contribution in [3.8, 4) is 17.6 Å². The number of sulfonamides is 1. The Morgan fingerprint density at radius 3 is 2.30 bits per heavy atom. The number of carbonyl (C=O) groups excluding carboxylic acids is 1. The van der Waals surface area contributed by atoms with Crippen LogP contribution >= 0.6 is 0 Å². The van der Waals surface area contributed by atoms with Crippen LogP contribution in [0.1, 0.15) is 5.56 Å². The van der Waals surface area contributed by atoms with Gasteiger partial charge in [0, 0.05) is 38.4 Å². The highest BCUT2D eigenvalue weighted by molar-refractivity contribution is 7.89. The van der Waals surface area contributed by atoms with Crippen molar-refractivity contribution < 1.29 is 22.7 Å². The molecule has 1 fully saturated rings. The third-order valence-electron chi connectivity index (χ3n) is 5.26. The van der Waals surface area contributed by atoms with Gasteiger partial charge in [-0.1, -0.05) is 17.7 Å². The van der Waals surface area contributed by atoms with Crippen molar-refractivity contribution in [3.63, 3.8) is 0 Å². The van der Waals surface area contributed by atoms with Crippen molar-refractivity contribution >= 4 is 21.6 Å². The Balaban J connectivity index is 1.68. The number of nitrogens with one attached hydrogen (secondary N) is 1. The van der Waals surface area contributed by atoms with E-state index < -0.39 is 15.9 Å². The third kappa shape index (κ3) is 5.63. The number of carbonyl (C=O) groups is 1. The molecule has 0 radical (unpaired) electrons. The van der Waals surface area contributed by atoms with Crippen LogP contribution in [-0.4, -0.2) is 63.9 Å². The number of rotatable bonds is 7. The lowest BCUT2D eigenvalue weighted by atomic mass is 10.2. The van der Waals surface area contributed by atoms with E-state index in [1.54, 1.807) is 47.4 Å². The maximum atomic E-state index is 12.9. The van der Waals surface area contributed by atoms with Crippen LogP contribution in [0.15, 0.2) is 59.1 Å². The average Bonchev–Trinajstić information content (AvgIpc) is 2.83. The van der Waals surface area contributed by atoms with E-state index in [0.717, 1.165) is 5.56 Å². The van der Waals surface area contributed by atoms with Gasteiger partial charge in [-0.3, -0.25) is 4.79 Å². The van der Waals surface area contributed by atoms with Gasteiger partial charge in [-0.15, -0.1) is 0 Å². The summed E-state index contributed by atoms with van der Waals surface area (Å²) in [6.07, 6.45) is 1.46. The molecule has 2 aromatic rings. The van der Waals surface area contributed by atoms with Gasteiger partial charge >= 0.3 is 0 Å². The van der Waals surface area contributed by atoms with Gasteiger partial charge in [0.05, 0.1) is 24.8 Å². The predicted octanol–water partition coefficient (Wildman–Crippen LogP) is 2.36. The summed E-state index contributed by atoms with van der Waals surface area (Å²) < 4.78 is 37.6. The number of anilines is 1. The van der Waals surface area contributed by atoms with Crippen molar-refractivity contribution in [3.05, 3.63) is 59.8 Å². The fourth-order valence-corrected chi connectivity index (χ4v) is 4.78. The molecule has 2 aromatic carbocycles. The van der Waals surface area contributed by atoms with E-state index in [1.807, 2.05) is 13.0 Å². The molecule has 10 heteroatoms. The van der Waals surface area contributed by atoms with Gasteiger partial charge in [0.2, 0.25) is 10.0 Å². The lowest BCUT2D eigenvalue weighted by Gasteiger charge is -2.33. The molecule has 1 saturated heterocycles. The zero-order valence-electron chi connectivity index (χ0n) is 18.7. The molecule has 1 heterocycles. The summed E-state index contributed by atoms with van der Waals surface area (Å²) in [6, 6.07) is 13.6. The van der Waals surface area contributed by atoms with E-state index >= 15 is 0 Å². The number of amides is 1. The molecule has 0 saturated carbocycles. The highest BCUT2D eigenvalue weighted by Crippen LogP contribution is 2.29. The minimum atomic E-state index is -3.59. The summed E-state index contributed by atoms with van der Waals surface area (Å²) in [5.41, 5.74) is 1.25. The number of hydrogen-bond acceptors (Lipinski definition) is 7. The number of hydrogen-bond donors (Lipinski definition) is 1. The van der Waals surface area contributed by atoms with Crippen molar-refractivity contribution in [2.45, 2.75) is 11.8 Å². The Labute approximate surface area is 193 Å². The Morgan fingerprint density at radius 2 is 1.73 bits per heavy atom. The number of methoxy groups -OCH3 is 2. The number of benzene rings is 2. The summed E-state index contributed by atoms with van der Waals surface area (Å²) in [6.45, 7) is 3.10. The quantitative estimate of drug-likeness (QED) is 0.488. The van der Waals surface area contributed by atoms with Crippen LogP contribution in [0.2, 0.25) is 0 Å². The number of nitriles is 1. The molecule has 174 valence electrons. The Kier molecular flexibility index (Phi) is 7.58. The van der Waals surface area contributed by atoms with Gasteiger partial charge in [0.15, 0.2) is 0 Å². The molecule has 0 unspecified atom stereocenters. The van der Waals surface area contributed by atoms with E-state index in [2.05, 4.69) is 5.32 Å². The molecular formula is C23H26N4O5S. The molecule has 0 spiro atoms. The van der Waals surface area contributed by atoms with Crippen LogP contribution in [0.3, 0.4) is 0 Å². The SMILES string of the molecule is COc1ccc(OC)c(NC(=O)/C(C#N)=C\N2CCN(S(=O)(=O)c3ccc(C)cc3)CC2)c1. The third-order valence-corrected chi connectivity index (χ3v) is 7.18. The van der Waals surface area contributed by atoms with E-state index in [0.29, 0.717) is 30.3 Å². The summed E-state index contributed by atoms with van der Waals surface area (Å²) in [7, 11) is -0.610.